The molecular weight excluding hydrogens is 276 g/mol. The number of hydrogen-bond donors (Lipinski definition) is 4. The average molecular weight is 300 g/mol. The van der Waals surface area contributed by atoms with E-state index in [-0.39, 0.29) is 0 Å². The Hall–Kier alpha value is -1.83. The van der Waals surface area contributed by atoms with Crippen molar-refractivity contribution >= 4 is 17.9 Å². The standard InChI is InChI=1S/C13H24N4O4/c1-17(9-4-2-3-5-9)7-6-15-13(21)16-10(12(19)20)8-11(14)18/h9-10H,2-8H2,1H3,(H2,14,18)(H,19,20)(H2,15,16,21)/t10-/m0/s1. The summed E-state index contributed by atoms with van der Waals surface area (Å²) < 4.78 is 0. The van der Waals surface area contributed by atoms with Crippen molar-refractivity contribution in [2.24, 2.45) is 5.73 Å². The van der Waals surface area contributed by atoms with Crippen LogP contribution < -0.4 is 16.4 Å². The number of carboxylic acid groups (broad SMARTS) is 1. The number of nitrogens with zero attached hydrogens (tertiary/aromatic N) is 1. The second kappa shape index (κ2) is 8.46. The topological polar surface area (TPSA) is 125 Å². The zero-order valence-electron chi connectivity index (χ0n) is 12.3. The Bertz CT molecular complexity index is 382. The number of amides is 3. The van der Waals surface area contributed by atoms with Gasteiger partial charge in [0.1, 0.15) is 6.04 Å². The predicted octanol–water partition coefficient (Wildman–Crippen LogP) is -0.511. The summed E-state index contributed by atoms with van der Waals surface area (Å²) in [7, 11) is 2.02. The number of likely N-dealkylation sites (N-methyl/N-ethyl adjacent to an activating group) is 1. The zero-order chi connectivity index (χ0) is 15.8. The van der Waals surface area contributed by atoms with E-state index in [9.17, 15) is 14.4 Å². The van der Waals surface area contributed by atoms with Crippen LogP contribution in [-0.2, 0) is 9.59 Å². The van der Waals surface area contributed by atoms with Crippen molar-refractivity contribution < 1.29 is 19.5 Å². The van der Waals surface area contributed by atoms with Gasteiger partial charge < -0.3 is 26.4 Å². The van der Waals surface area contributed by atoms with E-state index in [0.717, 1.165) is 0 Å². The highest BCUT2D eigenvalue weighted by Gasteiger charge is 2.22. The molecule has 1 fully saturated rings. The summed E-state index contributed by atoms with van der Waals surface area (Å²) in [6.45, 7) is 1.12. The first kappa shape index (κ1) is 17.2. The first-order chi connectivity index (χ1) is 9.90. The number of carboxylic acids is 1. The summed E-state index contributed by atoms with van der Waals surface area (Å²) in [6.07, 6.45) is 4.43. The third-order valence-corrected chi connectivity index (χ3v) is 3.71. The van der Waals surface area contributed by atoms with Crippen LogP contribution in [0.3, 0.4) is 0 Å². The minimum atomic E-state index is -1.30. The van der Waals surface area contributed by atoms with Gasteiger partial charge in [0.05, 0.1) is 6.42 Å². The van der Waals surface area contributed by atoms with Gasteiger partial charge in [0.15, 0.2) is 0 Å². The molecule has 1 saturated carbocycles. The Balaban J connectivity index is 2.25. The number of carbonyl (C=O) groups is 3. The maximum absolute atomic E-state index is 11.6. The summed E-state index contributed by atoms with van der Waals surface area (Å²) in [6, 6.07) is -1.34. The number of nitrogens with two attached hydrogens (primary N) is 1. The minimum absolute atomic E-state index is 0.418. The number of aliphatic carboxylic acids is 1. The fourth-order valence-electron chi connectivity index (χ4n) is 2.48. The van der Waals surface area contributed by atoms with Gasteiger partial charge in [-0.3, -0.25) is 4.79 Å². The molecule has 0 unspecified atom stereocenters. The Morgan fingerprint density at radius 2 is 1.95 bits per heavy atom. The molecule has 0 aromatic heterocycles. The van der Waals surface area contributed by atoms with Crippen molar-refractivity contribution in [3.8, 4) is 0 Å². The van der Waals surface area contributed by atoms with Gasteiger partial charge in [0.25, 0.3) is 0 Å². The Labute approximate surface area is 124 Å². The van der Waals surface area contributed by atoms with E-state index in [4.69, 9.17) is 10.8 Å². The van der Waals surface area contributed by atoms with Crippen molar-refractivity contribution in [1.29, 1.82) is 0 Å². The molecule has 5 N–H and O–H groups in total. The highest BCUT2D eigenvalue weighted by molar-refractivity contribution is 5.87. The van der Waals surface area contributed by atoms with E-state index in [0.29, 0.717) is 19.1 Å². The van der Waals surface area contributed by atoms with Crippen LogP contribution in [0.2, 0.25) is 0 Å². The van der Waals surface area contributed by atoms with Crippen molar-refractivity contribution in [2.45, 2.75) is 44.2 Å². The molecule has 0 aliphatic heterocycles. The number of rotatable bonds is 8. The molecule has 8 nitrogen and oxygen atoms in total. The van der Waals surface area contributed by atoms with Gasteiger partial charge in [0, 0.05) is 19.1 Å². The second-order valence-electron chi connectivity index (χ2n) is 5.38. The molecule has 0 saturated heterocycles. The van der Waals surface area contributed by atoms with E-state index in [1.807, 2.05) is 7.05 Å². The summed E-state index contributed by atoms with van der Waals surface area (Å²) in [5.74, 6) is -2.06. The molecule has 3 amide bonds. The van der Waals surface area contributed by atoms with Crippen molar-refractivity contribution in [2.75, 3.05) is 20.1 Å². The first-order valence-electron chi connectivity index (χ1n) is 7.16. The van der Waals surface area contributed by atoms with E-state index >= 15 is 0 Å². The molecule has 0 aromatic rings. The van der Waals surface area contributed by atoms with E-state index in [1.165, 1.54) is 25.7 Å². The smallest absolute Gasteiger partial charge is 0.326 e. The van der Waals surface area contributed by atoms with Crippen LogP contribution in [0, 0.1) is 0 Å². The van der Waals surface area contributed by atoms with Crippen LogP contribution in [0.1, 0.15) is 32.1 Å². The van der Waals surface area contributed by atoms with Crippen LogP contribution in [0.25, 0.3) is 0 Å². The van der Waals surface area contributed by atoms with Crippen LogP contribution in [0.4, 0.5) is 4.79 Å². The summed E-state index contributed by atoms with van der Waals surface area (Å²) in [4.78, 5) is 35.4. The van der Waals surface area contributed by atoms with Gasteiger partial charge in [0.2, 0.25) is 5.91 Å². The summed E-state index contributed by atoms with van der Waals surface area (Å²) in [5.41, 5.74) is 4.94. The van der Waals surface area contributed by atoms with Gasteiger partial charge in [-0.15, -0.1) is 0 Å². The second-order valence-corrected chi connectivity index (χ2v) is 5.38. The number of hydrogen-bond acceptors (Lipinski definition) is 4. The lowest BCUT2D eigenvalue weighted by atomic mass is 10.2. The lowest BCUT2D eigenvalue weighted by Gasteiger charge is -2.24. The molecule has 0 heterocycles. The molecule has 21 heavy (non-hydrogen) atoms. The molecule has 0 bridgehead atoms. The first-order valence-corrected chi connectivity index (χ1v) is 7.16. The number of urea groups is 1. The molecule has 0 aromatic carbocycles. The fraction of sp³-hybridized carbons (Fsp3) is 0.769. The van der Waals surface area contributed by atoms with Gasteiger partial charge in [-0.2, -0.15) is 0 Å². The van der Waals surface area contributed by atoms with Gasteiger partial charge in [-0.05, 0) is 19.9 Å². The minimum Gasteiger partial charge on any atom is -0.480 e. The molecule has 1 aliphatic carbocycles. The number of carbonyl (C=O) groups excluding carboxylic acids is 2. The molecule has 1 atom stereocenters. The van der Waals surface area contributed by atoms with Gasteiger partial charge in [-0.25, -0.2) is 9.59 Å². The summed E-state index contributed by atoms with van der Waals surface area (Å²) >= 11 is 0. The molecule has 1 aliphatic rings. The third-order valence-electron chi connectivity index (χ3n) is 3.71. The predicted molar refractivity (Wildman–Crippen MR) is 76.7 cm³/mol. The maximum Gasteiger partial charge on any atom is 0.326 e. The molecule has 0 spiro atoms. The molecular formula is C13H24N4O4. The van der Waals surface area contributed by atoms with Gasteiger partial charge >= 0.3 is 12.0 Å². The van der Waals surface area contributed by atoms with Crippen LogP contribution in [0.15, 0.2) is 0 Å². The number of primary amides is 1. The zero-order valence-corrected chi connectivity index (χ0v) is 12.3. The highest BCUT2D eigenvalue weighted by Crippen LogP contribution is 2.21. The average Bonchev–Trinajstić information content (AvgIpc) is 2.91. The molecule has 0 radical (unpaired) electrons. The van der Waals surface area contributed by atoms with Crippen molar-refractivity contribution in [3.63, 3.8) is 0 Å². The van der Waals surface area contributed by atoms with E-state index < -0.39 is 30.4 Å². The van der Waals surface area contributed by atoms with Gasteiger partial charge in [-0.1, -0.05) is 12.8 Å². The third kappa shape index (κ3) is 6.44. The number of nitrogens with one attached hydrogen (secondary N) is 2. The quantitative estimate of drug-likeness (QED) is 0.480. The van der Waals surface area contributed by atoms with Crippen LogP contribution >= 0.6 is 0 Å². The monoisotopic (exact) mass is 300 g/mol. The maximum atomic E-state index is 11.6. The van der Waals surface area contributed by atoms with Crippen LogP contribution in [-0.4, -0.2) is 60.1 Å². The normalized spacial score (nSPS) is 16.7. The van der Waals surface area contributed by atoms with E-state index in [1.54, 1.807) is 0 Å². The molecule has 1 rings (SSSR count). The van der Waals surface area contributed by atoms with Crippen molar-refractivity contribution in [3.05, 3.63) is 0 Å². The van der Waals surface area contributed by atoms with Crippen molar-refractivity contribution in [1.82, 2.24) is 15.5 Å². The fourth-order valence-corrected chi connectivity index (χ4v) is 2.48. The lowest BCUT2D eigenvalue weighted by Crippen LogP contribution is -2.49. The molecule has 8 heteroatoms. The lowest BCUT2D eigenvalue weighted by molar-refractivity contribution is -0.140. The summed E-state index contributed by atoms with van der Waals surface area (Å²) in [5, 5.41) is 13.7. The highest BCUT2D eigenvalue weighted by atomic mass is 16.4. The van der Waals surface area contributed by atoms with Crippen LogP contribution in [0.5, 0.6) is 0 Å². The Morgan fingerprint density at radius 1 is 1.33 bits per heavy atom. The largest absolute Gasteiger partial charge is 0.480 e. The SMILES string of the molecule is CN(CCNC(=O)N[C@@H](CC(N)=O)C(=O)O)C1CCCC1. The Kier molecular flexibility index (Phi) is 6.93. The van der Waals surface area contributed by atoms with E-state index in [2.05, 4.69) is 15.5 Å². The molecule has 120 valence electrons. The Morgan fingerprint density at radius 3 is 2.48 bits per heavy atom.